The minimum Gasteiger partial charge on any atom is -0.326 e. The number of H-pyrrole nitrogens is 1. The van der Waals surface area contributed by atoms with Gasteiger partial charge in [0, 0.05) is 25.2 Å². The van der Waals surface area contributed by atoms with Gasteiger partial charge in [0.1, 0.15) is 0 Å². The number of rotatable bonds is 3. The Bertz CT molecular complexity index is 569. The van der Waals surface area contributed by atoms with E-state index in [9.17, 15) is 21.6 Å². The highest BCUT2D eigenvalue weighted by atomic mass is 32.2. The third-order valence-electron chi connectivity index (χ3n) is 3.34. The lowest BCUT2D eigenvalue weighted by Crippen LogP contribution is -2.44. The van der Waals surface area contributed by atoms with Crippen molar-refractivity contribution in [2.45, 2.75) is 30.6 Å². The van der Waals surface area contributed by atoms with Gasteiger partial charge in [0.25, 0.3) is 10.0 Å². The number of nitrogens with zero attached hydrogens (tertiary/aromatic N) is 2. The number of nitrogens with two attached hydrogens (primary N) is 1. The second kappa shape index (κ2) is 5.34. The van der Waals surface area contributed by atoms with Crippen molar-refractivity contribution in [1.29, 1.82) is 0 Å². The standard InChI is InChI=1S/C10H15F3N4O2S/c11-10(12,13)8-2-1-3-17(6-8)20(18,19)9-7(4-14)5-15-16-9/h5,8H,1-4,6,14H2,(H,15,16). The van der Waals surface area contributed by atoms with Gasteiger partial charge in [-0.15, -0.1) is 0 Å². The van der Waals surface area contributed by atoms with E-state index in [0.29, 0.717) is 0 Å². The molecule has 1 aliphatic rings. The average Bonchev–Trinajstić information content (AvgIpc) is 2.87. The van der Waals surface area contributed by atoms with Crippen molar-refractivity contribution >= 4 is 10.0 Å². The number of aromatic amines is 1. The summed E-state index contributed by atoms with van der Waals surface area (Å²) in [6.45, 7) is -0.547. The Kier molecular flexibility index (Phi) is 4.07. The molecule has 1 aromatic heterocycles. The third-order valence-corrected chi connectivity index (χ3v) is 5.22. The van der Waals surface area contributed by atoms with Gasteiger partial charge < -0.3 is 5.73 Å². The fourth-order valence-electron chi connectivity index (χ4n) is 2.22. The molecule has 20 heavy (non-hydrogen) atoms. The quantitative estimate of drug-likeness (QED) is 0.865. The van der Waals surface area contributed by atoms with Crippen LogP contribution in [0.2, 0.25) is 0 Å². The van der Waals surface area contributed by atoms with E-state index in [1.54, 1.807) is 0 Å². The van der Waals surface area contributed by atoms with Crippen LogP contribution in [0.4, 0.5) is 13.2 Å². The topological polar surface area (TPSA) is 92.1 Å². The summed E-state index contributed by atoms with van der Waals surface area (Å²) in [4.78, 5) is 0. The second-order valence-electron chi connectivity index (χ2n) is 4.67. The molecule has 0 radical (unpaired) electrons. The Morgan fingerprint density at radius 3 is 2.80 bits per heavy atom. The molecule has 0 aromatic carbocycles. The molecule has 1 unspecified atom stereocenters. The lowest BCUT2D eigenvalue weighted by Gasteiger charge is -2.32. The van der Waals surface area contributed by atoms with Crippen molar-refractivity contribution in [1.82, 2.24) is 14.5 Å². The maximum atomic E-state index is 12.7. The molecular formula is C10H15F3N4O2S. The number of alkyl halides is 3. The highest BCUT2D eigenvalue weighted by Gasteiger charge is 2.44. The summed E-state index contributed by atoms with van der Waals surface area (Å²) in [5.41, 5.74) is 5.66. The van der Waals surface area contributed by atoms with Crippen molar-refractivity contribution in [3.05, 3.63) is 11.8 Å². The van der Waals surface area contributed by atoms with Crippen LogP contribution in [-0.4, -0.2) is 42.2 Å². The summed E-state index contributed by atoms with van der Waals surface area (Å²) in [5, 5.41) is 5.68. The van der Waals surface area contributed by atoms with E-state index in [-0.39, 0.29) is 36.5 Å². The van der Waals surface area contributed by atoms with Crippen LogP contribution in [0, 0.1) is 5.92 Å². The summed E-state index contributed by atoms with van der Waals surface area (Å²) in [6.07, 6.45) is -3.01. The number of sulfonamides is 1. The van der Waals surface area contributed by atoms with Crippen molar-refractivity contribution in [3.8, 4) is 0 Å². The van der Waals surface area contributed by atoms with Crippen LogP contribution in [-0.2, 0) is 16.6 Å². The van der Waals surface area contributed by atoms with Crippen LogP contribution >= 0.6 is 0 Å². The summed E-state index contributed by atoms with van der Waals surface area (Å²) < 4.78 is 63.7. The van der Waals surface area contributed by atoms with Crippen molar-refractivity contribution in [2.24, 2.45) is 11.7 Å². The highest BCUT2D eigenvalue weighted by Crippen LogP contribution is 2.35. The first-order valence-electron chi connectivity index (χ1n) is 6.06. The maximum absolute atomic E-state index is 12.7. The Balaban J connectivity index is 2.26. The lowest BCUT2D eigenvalue weighted by atomic mass is 9.99. The summed E-state index contributed by atoms with van der Waals surface area (Å²) >= 11 is 0. The molecule has 10 heteroatoms. The fraction of sp³-hybridized carbons (Fsp3) is 0.700. The zero-order chi connectivity index (χ0) is 15.0. The molecule has 0 bridgehead atoms. The molecule has 2 rings (SSSR count). The Morgan fingerprint density at radius 1 is 1.50 bits per heavy atom. The number of aromatic nitrogens is 2. The van der Waals surface area contributed by atoms with Crippen LogP contribution in [0.3, 0.4) is 0 Å². The van der Waals surface area contributed by atoms with Gasteiger partial charge in [-0.05, 0) is 12.8 Å². The third kappa shape index (κ3) is 2.81. The zero-order valence-electron chi connectivity index (χ0n) is 10.5. The summed E-state index contributed by atoms with van der Waals surface area (Å²) in [5.74, 6) is -1.63. The molecule has 0 aliphatic carbocycles. The van der Waals surface area contributed by atoms with E-state index in [1.807, 2.05) is 0 Å². The van der Waals surface area contributed by atoms with E-state index >= 15 is 0 Å². The van der Waals surface area contributed by atoms with Crippen molar-refractivity contribution < 1.29 is 21.6 Å². The zero-order valence-corrected chi connectivity index (χ0v) is 11.3. The van der Waals surface area contributed by atoms with E-state index in [2.05, 4.69) is 10.2 Å². The monoisotopic (exact) mass is 312 g/mol. The Hall–Kier alpha value is -1.13. The highest BCUT2D eigenvalue weighted by molar-refractivity contribution is 7.89. The van der Waals surface area contributed by atoms with E-state index in [0.717, 1.165) is 4.31 Å². The van der Waals surface area contributed by atoms with Gasteiger partial charge in [-0.3, -0.25) is 5.10 Å². The molecule has 2 heterocycles. The Morgan fingerprint density at radius 2 is 2.20 bits per heavy atom. The van der Waals surface area contributed by atoms with Gasteiger partial charge in [0.15, 0.2) is 5.03 Å². The molecule has 0 saturated carbocycles. The molecule has 1 aromatic rings. The number of halogens is 3. The number of hydrogen-bond acceptors (Lipinski definition) is 4. The van der Waals surface area contributed by atoms with Crippen LogP contribution in [0.25, 0.3) is 0 Å². The predicted octanol–water partition coefficient (Wildman–Crippen LogP) is 0.831. The molecule has 1 aliphatic heterocycles. The molecule has 0 spiro atoms. The molecule has 6 nitrogen and oxygen atoms in total. The SMILES string of the molecule is NCc1cn[nH]c1S(=O)(=O)N1CCCC(C(F)(F)F)C1. The van der Waals surface area contributed by atoms with Gasteiger partial charge in [0.05, 0.1) is 12.1 Å². The minimum atomic E-state index is -4.39. The Labute approximate surface area is 114 Å². The maximum Gasteiger partial charge on any atom is 0.393 e. The second-order valence-corrected chi connectivity index (χ2v) is 6.55. The first-order chi connectivity index (χ1) is 9.26. The van der Waals surface area contributed by atoms with Crippen LogP contribution in [0.15, 0.2) is 11.2 Å². The van der Waals surface area contributed by atoms with Gasteiger partial charge >= 0.3 is 6.18 Å². The van der Waals surface area contributed by atoms with E-state index < -0.39 is 28.7 Å². The minimum absolute atomic E-state index is 0.0533. The van der Waals surface area contributed by atoms with Crippen molar-refractivity contribution in [2.75, 3.05) is 13.1 Å². The van der Waals surface area contributed by atoms with Gasteiger partial charge in [-0.2, -0.15) is 22.6 Å². The largest absolute Gasteiger partial charge is 0.393 e. The first-order valence-corrected chi connectivity index (χ1v) is 7.50. The smallest absolute Gasteiger partial charge is 0.326 e. The molecule has 0 amide bonds. The van der Waals surface area contributed by atoms with E-state index in [1.165, 1.54) is 6.20 Å². The van der Waals surface area contributed by atoms with Crippen molar-refractivity contribution in [3.63, 3.8) is 0 Å². The first kappa shape index (κ1) is 15.3. The molecule has 1 atom stereocenters. The number of nitrogens with one attached hydrogen (secondary N) is 1. The van der Waals surface area contributed by atoms with Crippen LogP contribution in [0.1, 0.15) is 18.4 Å². The van der Waals surface area contributed by atoms with Gasteiger partial charge in [-0.1, -0.05) is 0 Å². The molecule has 114 valence electrons. The lowest BCUT2D eigenvalue weighted by molar-refractivity contribution is -0.182. The van der Waals surface area contributed by atoms with E-state index in [4.69, 9.17) is 5.73 Å². The predicted molar refractivity (Wildman–Crippen MR) is 64.0 cm³/mol. The average molecular weight is 312 g/mol. The number of hydrogen-bond donors (Lipinski definition) is 2. The fourth-order valence-corrected chi connectivity index (χ4v) is 3.86. The van der Waals surface area contributed by atoms with Crippen LogP contribution in [0.5, 0.6) is 0 Å². The molecule has 3 N–H and O–H groups in total. The normalized spacial score (nSPS) is 22.1. The molecule has 1 saturated heterocycles. The molecular weight excluding hydrogens is 297 g/mol. The van der Waals surface area contributed by atoms with Gasteiger partial charge in [-0.25, -0.2) is 8.42 Å². The van der Waals surface area contributed by atoms with Gasteiger partial charge in [0.2, 0.25) is 0 Å². The summed E-state index contributed by atoms with van der Waals surface area (Å²) in [7, 11) is -4.02. The molecule has 1 fully saturated rings. The summed E-state index contributed by atoms with van der Waals surface area (Å²) in [6, 6.07) is 0. The van der Waals surface area contributed by atoms with Crippen LogP contribution < -0.4 is 5.73 Å². The number of piperidine rings is 1.